The van der Waals surface area contributed by atoms with Gasteiger partial charge in [0.15, 0.2) is 11.6 Å². The minimum atomic E-state index is -2.59. The van der Waals surface area contributed by atoms with E-state index in [0.29, 0.717) is 24.2 Å². The molecule has 0 spiro atoms. The Balaban J connectivity index is 1.38. The van der Waals surface area contributed by atoms with E-state index in [2.05, 4.69) is 35.9 Å². The molecule has 178 valence electrons. The number of aromatic nitrogens is 7. The van der Waals surface area contributed by atoms with Crippen LogP contribution in [0.15, 0.2) is 24.4 Å². The molecule has 1 saturated carbocycles. The molecule has 11 heteroatoms. The highest BCUT2D eigenvalue weighted by Crippen LogP contribution is 2.47. The van der Waals surface area contributed by atoms with Gasteiger partial charge in [-0.2, -0.15) is 4.80 Å². The number of aromatic hydroxyl groups is 1. The SMILES string of the molecule is [2H]C1([2H])C([2H])([2H])C1([2H])N(c1cnc(-c2ccc(-c3nnn(C)n3)cc2O)nn1)[C@@H]1C[C@@]2(C)CC[C@](C)(N2)[C@@H]1F. The average Bonchev–Trinajstić information content (AvgIpc) is 3.28. The second-order valence-corrected chi connectivity index (χ2v) is 9.72. The molecular weight excluding hydrogens is 437 g/mol. The van der Waals surface area contributed by atoms with Crippen LogP contribution in [0.4, 0.5) is 10.2 Å². The standard InChI is InChI=1S/C23H28FN9O/c1-22-8-9-23(2,30-22)19(24)16(11-22)33(14-5-6-14)18-12-25-21(27-26-18)15-7-4-13(10-17(15)34)20-28-31-32(3)29-20/h4,7,10,12,14,16,19,30,34H,5-6,8-9,11H2,1-3H3/t16-,19-,22-,23+/m1/s1/i5D2,6D2,14D. The normalized spacial score (nSPS) is 36.5. The zero-order valence-corrected chi connectivity index (χ0v) is 19.0. The molecule has 4 atom stereocenters. The molecule has 3 fully saturated rings. The maximum Gasteiger partial charge on any atom is 0.205 e. The lowest BCUT2D eigenvalue weighted by atomic mass is 9.82. The van der Waals surface area contributed by atoms with Gasteiger partial charge in [-0.05, 0) is 63.2 Å². The Hall–Kier alpha value is -3.21. The van der Waals surface area contributed by atoms with Gasteiger partial charge < -0.3 is 15.3 Å². The first-order chi connectivity index (χ1) is 18.1. The predicted octanol–water partition coefficient (Wildman–Crippen LogP) is 2.41. The number of phenols is 1. The second-order valence-electron chi connectivity index (χ2n) is 9.72. The summed E-state index contributed by atoms with van der Waals surface area (Å²) in [6.07, 6.45) is -4.01. The Morgan fingerprint density at radius 1 is 1.24 bits per heavy atom. The quantitative estimate of drug-likeness (QED) is 0.579. The predicted molar refractivity (Wildman–Crippen MR) is 123 cm³/mol. The number of halogens is 1. The van der Waals surface area contributed by atoms with E-state index < -0.39 is 42.1 Å². The maximum absolute atomic E-state index is 16.1. The molecule has 2 N–H and O–H groups in total. The van der Waals surface area contributed by atoms with Crippen molar-refractivity contribution in [2.24, 2.45) is 7.05 Å². The van der Waals surface area contributed by atoms with Crippen molar-refractivity contribution in [3.63, 3.8) is 0 Å². The van der Waals surface area contributed by atoms with E-state index in [9.17, 15) is 5.11 Å². The molecule has 2 aromatic heterocycles. The molecule has 6 rings (SSSR count). The molecule has 3 aromatic rings. The zero-order valence-electron chi connectivity index (χ0n) is 24.0. The summed E-state index contributed by atoms with van der Waals surface area (Å²) < 4.78 is 58.2. The van der Waals surface area contributed by atoms with Gasteiger partial charge in [0.25, 0.3) is 0 Å². The van der Waals surface area contributed by atoms with E-state index in [-0.39, 0.29) is 29.4 Å². The van der Waals surface area contributed by atoms with Crippen LogP contribution >= 0.6 is 0 Å². The number of nitrogens with zero attached hydrogens (tertiary/aromatic N) is 8. The second kappa shape index (κ2) is 7.39. The maximum atomic E-state index is 16.1. The Morgan fingerprint density at radius 3 is 2.71 bits per heavy atom. The zero-order chi connectivity index (χ0) is 28.2. The van der Waals surface area contributed by atoms with Crippen molar-refractivity contribution in [3.05, 3.63) is 24.4 Å². The molecule has 10 nitrogen and oxygen atoms in total. The number of tetrazole rings is 1. The van der Waals surface area contributed by atoms with Crippen LogP contribution in [0.1, 0.15) is 52.7 Å². The summed E-state index contributed by atoms with van der Waals surface area (Å²) in [5, 5.41) is 34.1. The first kappa shape index (κ1) is 16.4. The smallest absolute Gasteiger partial charge is 0.205 e. The number of phenolic OH excluding ortho intramolecular Hbond substituents is 1. The number of alkyl halides is 1. The van der Waals surface area contributed by atoms with Gasteiger partial charge in [0.2, 0.25) is 5.82 Å². The fraction of sp³-hybridized carbons (Fsp3) is 0.565. The molecule has 0 unspecified atom stereocenters. The molecule has 2 saturated heterocycles. The fourth-order valence-electron chi connectivity index (χ4n) is 5.28. The van der Waals surface area contributed by atoms with Crippen molar-refractivity contribution >= 4 is 5.82 Å². The van der Waals surface area contributed by atoms with Crippen molar-refractivity contribution in [2.75, 3.05) is 4.90 Å². The number of piperidine rings is 1. The highest BCUT2D eigenvalue weighted by atomic mass is 19.1. The summed E-state index contributed by atoms with van der Waals surface area (Å²) in [6.45, 7) is 3.72. The molecule has 2 aliphatic heterocycles. The lowest BCUT2D eigenvalue weighted by Crippen LogP contribution is -2.66. The summed E-state index contributed by atoms with van der Waals surface area (Å²) in [4.78, 5) is 6.69. The van der Waals surface area contributed by atoms with Crippen LogP contribution in [-0.2, 0) is 7.05 Å². The number of hydrogen-bond acceptors (Lipinski definition) is 9. The van der Waals surface area contributed by atoms with Crippen LogP contribution in [0.25, 0.3) is 22.8 Å². The van der Waals surface area contributed by atoms with E-state index in [1.807, 2.05) is 6.92 Å². The first-order valence-corrected chi connectivity index (χ1v) is 11.1. The topological polar surface area (TPSA) is 118 Å². The molecular formula is C23H28FN9O. The van der Waals surface area contributed by atoms with Gasteiger partial charge in [-0.3, -0.25) is 0 Å². The molecule has 1 aliphatic carbocycles. The Bertz CT molecular complexity index is 1440. The van der Waals surface area contributed by atoms with Crippen LogP contribution in [0.3, 0.4) is 0 Å². The van der Waals surface area contributed by atoms with Gasteiger partial charge in [0.05, 0.1) is 26.2 Å². The van der Waals surface area contributed by atoms with Crippen LogP contribution in [-0.4, -0.2) is 69.8 Å². The van der Waals surface area contributed by atoms with Crippen LogP contribution in [0, 0.1) is 0 Å². The number of fused-ring (bicyclic) bond motifs is 2. The largest absolute Gasteiger partial charge is 0.507 e. The Kier molecular flexibility index (Phi) is 3.57. The third-order valence-electron chi connectivity index (χ3n) is 7.00. The van der Waals surface area contributed by atoms with Gasteiger partial charge in [-0.1, -0.05) is 6.07 Å². The number of rotatable bonds is 5. The van der Waals surface area contributed by atoms with E-state index in [1.54, 1.807) is 26.1 Å². The van der Waals surface area contributed by atoms with Crippen LogP contribution < -0.4 is 10.2 Å². The number of benzene rings is 1. The van der Waals surface area contributed by atoms with Crippen molar-refractivity contribution in [2.45, 2.75) is 75.2 Å². The Labute approximate surface area is 203 Å². The highest BCUT2D eigenvalue weighted by molar-refractivity contribution is 5.70. The minimum Gasteiger partial charge on any atom is -0.507 e. The van der Waals surface area contributed by atoms with Gasteiger partial charge in [0, 0.05) is 28.1 Å². The number of aryl methyl sites for hydroxylation is 1. The molecule has 2 bridgehead atoms. The summed E-state index contributed by atoms with van der Waals surface area (Å²) in [6, 6.07) is 1.17. The van der Waals surface area contributed by atoms with Crippen LogP contribution in [0.5, 0.6) is 5.75 Å². The van der Waals surface area contributed by atoms with Crippen LogP contribution in [0.2, 0.25) is 0 Å². The van der Waals surface area contributed by atoms with E-state index in [1.165, 1.54) is 17.1 Å². The summed E-state index contributed by atoms with van der Waals surface area (Å²) in [5.41, 5.74) is -0.607. The third-order valence-corrected chi connectivity index (χ3v) is 7.00. The number of hydrogen-bond donors (Lipinski definition) is 2. The minimum absolute atomic E-state index is 0.0387. The van der Waals surface area contributed by atoms with Crippen molar-refractivity contribution < 1.29 is 16.4 Å². The lowest BCUT2D eigenvalue weighted by Gasteiger charge is -2.48. The molecule has 4 heterocycles. The van der Waals surface area contributed by atoms with Crippen molar-refractivity contribution in [1.82, 2.24) is 40.7 Å². The summed E-state index contributed by atoms with van der Waals surface area (Å²) >= 11 is 0. The summed E-state index contributed by atoms with van der Waals surface area (Å²) in [7, 11) is 1.62. The molecule has 3 aliphatic rings. The monoisotopic (exact) mass is 470 g/mol. The molecule has 34 heavy (non-hydrogen) atoms. The van der Waals surface area contributed by atoms with Gasteiger partial charge in [-0.15, -0.1) is 20.4 Å². The number of nitrogens with one attached hydrogen (secondary N) is 1. The van der Waals surface area contributed by atoms with Gasteiger partial charge in [-0.25, -0.2) is 9.37 Å². The van der Waals surface area contributed by atoms with Crippen molar-refractivity contribution in [3.8, 4) is 28.5 Å². The van der Waals surface area contributed by atoms with Gasteiger partial charge in [0.1, 0.15) is 11.9 Å². The molecule has 1 aromatic carbocycles. The number of anilines is 1. The van der Waals surface area contributed by atoms with Crippen molar-refractivity contribution in [1.29, 1.82) is 0 Å². The van der Waals surface area contributed by atoms with Gasteiger partial charge >= 0.3 is 0 Å². The fourth-order valence-corrected chi connectivity index (χ4v) is 5.28. The highest BCUT2D eigenvalue weighted by Gasteiger charge is 2.58. The third kappa shape index (κ3) is 3.49. The first-order valence-electron chi connectivity index (χ1n) is 13.6. The summed E-state index contributed by atoms with van der Waals surface area (Å²) in [5.74, 6) is 0.0758. The average molecular weight is 471 g/mol. The van der Waals surface area contributed by atoms with E-state index in [0.717, 1.165) is 4.90 Å². The lowest BCUT2D eigenvalue weighted by molar-refractivity contribution is 0.0831. The van der Waals surface area contributed by atoms with E-state index >= 15 is 4.39 Å². The van der Waals surface area contributed by atoms with E-state index in [4.69, 9.17) is 6.85 Å². The molecule has 0 radical (unpaired) electrons. The molecule has 0 amide bonds. The Morgan fingerprint density at radius 2 is 2.06 bits per heavy atom.